The maximum atomic E-state index is 12.1. The number of fused-ring (bicyclic) bond motifs is 2. The molecule has 0 fully saturated rings. The van der Waals surface area contributed by atoms with Crippen LogP contribution in [-0.2, 0) is 6.42 Å². The van der Waals surface area contributed by atoms with E-state index in [-0.39, 0.29) is 5.43 Å². The lowest BCUT2D eigenvalue weighted by Gasteiger charge is -2.09. The monoisotopic (exact) mass is 214 g/mol. The highest BCUT2D eigenvalue weighted by Crippen LogP contribution is 2.26. The zero-order chi connectivity index (χ0) is 10.3. The van der Waals surface area contributed by atoms with Crippen molar-refractivity contribution in [1.29, 1.82) is 0 Å². The predicted molar refractivity (Wildman–Crippen MR) is 65.5 cm³/mol. The van der Waals surface area contributed by atoms with Crippen molar-refractivity contribution in [3.05, 3.63) is 51.0 Å². The van der Waals surface area contributed by atoms with Crippen molar-refractivity contribution >= 4 is 27.5 Å². The van der Waals surface area contributed by atoms with Crippen LogP contribution in [0.2, 0.25) is 0 Å². The molecule has 1 aliphatic rings. The van der Waals surface area contributed by atoms with E-state index in [1.165, 1.54) is 0 Å². The van der Waals surface area contributed by atoms with E-state index in [0.717, 1.165) is 33.4 Å². The normalized spacial score (nSPS) is 14.1. The topological polar surface area (TPSA) is 17.1 Å². The molecule has 0 spiro atoms. The standard InChI is InChI=1S/C13H10OS/c14-13-9-5-1-3-7-11(9)15-12-8-4-2-6-10(12)13/h1,3-5,7-8H,2,6H2. The molecule has 0 radical (unpaired) electrons. The van der Waals surface area contributed by atoms with E-state index in [9.17, 15) is 4.79 Å². The first-order valence-corrected chi connectivity index (χ1v) is 5.89. The van der Waals surface area contributed by atoms with Gasteiger partial charge < -0.3 is 0 Å². The molecule has 74 valence electrons. The van der Waals surface area contributed by atoms with Gasteiger partial charge in [-0.15, -0.1) is 11.3 Å². The van der Waals surface area contributed by atoms with Crippen LogP contribution >= 0.6 is 11.3 Å². The Morgan fingerprint density at radius 2 is 2.07 bits per heavy atom. The Kier molecular flexibility index (Phi) is 1.96. The summed E-state index contributed by atoms with van der Waals surface area (Å²) in [4.78, 5) is 13.3. The fourth-order valence-corrected chi connectivity index (χ4v) is 3.12. The van der Waals surface area contributed by atoms with Crippen LogP contribution < -0.4 is 5.43 Å². The molecule has 1 aliphatic carbocycles. The van der Waals surface area contributed by atoms with Gasteiger partial charge in [-0.3, -0.25) is 4.79 Å². The van der Waals surface area contributed by atoms with Crippen LogP contribution in [0.4, 0.5) is 0 Å². The molecular weight excluding hydrogens is 204 g/mol. The molecule has 2 heteroatoms. The number of rotatable bonds is 0. The third kappa shape index (κ3) is 1.33. The fourth-order valence-electron chi connectivity index (χ4n) is 1.99. The molecule has 1 aromatic carbocycles. The lowest BCUT2D eigenvalue weighted by Crippen LogP contribution is -2.11. The molecular formula is C13H10OS. The van der Waals surface area contributed by atoms with E-state index in [4.69, 9.17) is 0 Å². The van der Waals surface area contributed by atoms with Gasteiger partial charge in [0.1, 0.15) is 0 Å². The van der Waals surface area contributed by atoms with E-state index in [2.05, 4.69) is 12.2 Å². The molecule has 0 saturated carbocycles. The first kappa shape index (κ1) is 8.86. The number of allylic oxidation sites excluding steroid dienone is 1. The molecule has 0 amide bonds. The summed E-state index contributed by atoms with van der Waals surface area (Å²) in [5.41, 5.74) is 1.23. The van der Waals surface area contributed by atoms with Crippen LogP contribution in [0.5, 0.6) is 0 Å². The molecule has 0 N–H and O–H groups in total. The lowest BCUT2D eigenvalue weighted by molar-refractivity contribution is 0.985. The van der Waals surface area contributed by atoms with Crippen molar-refractivity contribution < 1.29 is 0 Å². The van der Waals surface area contributed by atoms with Crippen LogP contribution in [-0.4, -0.2) is 0 Å². The largest absolute Gasteiger partial charge is 0.289 e. The fraction of sp³-hybridized carbons (Fsp3) is 0.154. The molecule has 3 rings (SSSR count). The summed E-state index contributed by atoms with van der Waals surface area (Å²) in [5.74, 6) is 0. The Morgan fingerprint density at radius 3 is 3.00 bits per heavy atom. The molecule has 1 heterocycles. The highest BCUT2D eigenvalue weighted by Gasteiger charge is 2.11. The summed E-state index contributed by atoms with van der Waals surface area (Å²) in [6, 6.07) is 7.86. The minimum atomic E-state index is 0.226. The molecule has 2 aromatic rings. The molecule has 1 aromatic heterocycles. The summed E-state index contributed by atoms with van der Waals surface area (Å²) in [6.45, 7) is 0. The van der Waals surface area contributed by atoms with Crippen molar-refractivity contribution in [2.75, 3.05) is 0 Å². The molecule has 0 atom stereocenters. The van der Waals surface area contributed by atoms with Crippen molar-refractivity contribution in [3.63, 3.8) is 0 Å². The van der Waals surface area contributed by atoms with E-state index >= 15 is 0 Å². The van der Waals surface area contributed by atoms with Gasteiger partial charge in [-0.25, -0.2) is 0 Å². The maximum absolute atomic E-state index is 12.1. The highest BCUT2D eigenvalue weighted by atomic mass is 32.1. The summed E-state index contributed by atoms with van der Waals surface area (Å²) < 4.78 is 1.09. The Bertz CT molecular complexity index is 607. The Morgan fingerprint density at radius 1 is 1.20 bits per heavy atom. The second-order valence-electron chi connectivity index (χ2n) is 3.71. The second-order valence-corrected chi connectivity index (χ2v) is 4.79. The smallest absolute Gasteiger partial charge is 0.191 e. The maximum Gasteiger partial charge on any atom is 0.191 e. The lowest BCUT2D eigenvalue weighted by atomic mass is 10.0. The Hall–Kier alpha value is -1.41. The number of benzene rings is 1. The van der Waals surface area contributed by atoms with Crippen molar-refractivity contribution in [1.82, 2.24) is 0 Å². The SMILES string of the molecule is O=c1c2c(sc3ccccc13)C=CCC2. The van der Waals surface area contributed by atoms with Crippen LogP contribution in [0, 0.1) is 0 Å². The van der Waals surface area contributed by atoms with Gasteiger partial charge in [-0.05, 0) is 31.1 Å². The van der Waals surface area contributed by atoms with Gasteiger partial charge >= 0.3 is 0 Å². The summed E-state index contributed by atoms with van der Waals surface area (Å²) in [7, 11) is 0. The van der Waals surface area contributed by atoms with E-state index in [1.54, 1.807) is 11.3 Å². The predicted octanol–water partition coefficient (Wildman–Crippen LogP) is 3.22. The Labute approximate surface area is 91.7 Å². The van der Waals surface area contributed by atoms with Crippen molar-refractivity contribution in [2.45, 2.75) is 12.8 Å². The molecule has 0 bridgehead atoms. The van der Waals surface area contributed by atoms with Gasteiger partial charge in [0.05, 0.1) is 0 Å². The average molecular weight is 214 g/mol. The third-order valence-electron chi connectivity index (χ3n) is 2.75. The van der Waals surface area contributed by atoms with Crippen LogP contribution in [0.15, 0.2) is 35.1 Å². The quantitative estimate of drug-likeness (QED) is 0.658. The molecule has 0 saturated heterocycles. The molecule has 0 aliphatic heterocycles. The second kappa shape index (κ2) is 3.31. The van der Waals surface area contributed by atoms with Crippen LogP contribution in [0.25, 0.3) is 16.2 Å². The van der Waals surface area contributed by atoms with E-state index < -0.39 is 0 Å². The minimum absolute atomic E-state index is 0.226. The average Bonchev–Trinajstić information content (AvgIpc) is 2.30. The highest BCUT2D eigenvalue weighted by molar-refractivity contribution is 7.19. The summed E-state index contributed by atoms with van der Waals surface area (Å²) in [6.07, 6.45) is 6.11. The molecule has 1 nitrogen and oxygen atoms in total. The van der Waals surface area contributed by atoms with Crippen molar-refractivity contribution in [2.24, 2.45) is 0 Å². The van der Waals surface area contributed by atoms with Gasteiger partial charge in [0.2, 0.25) is 0 Å². The Balaban J connectivity index is 2.48. The third-order valence-corrected chi connectivity index (χ3v) is 3.93. The zero-order valence-electron chi connectivity index (χ0n) is 8.19. The summed E-state index contributed by atoms with van der Waals surface area (Å²) in [5, 5.41) is 0.872. The van der Waals surface area contributed by atoms with Crippen LogP contribution in [0.1, 0.15) is 16.9 Å². The van der Waals surface area contributed by atoms with Gasteiger partial charge in [0.15, 0.2) is 5.43 Å². The van der Waals surface area contributed by atoms with E-state index in [1.807, 2.05) is 24.3 Å². The van der Waals surface area contributed by atoms with E-state index in [0.29, 0.717) is 0 Å². The number of hydrogen-bond acceptors (Lipinski definition) is 2. The van der Waals surface area contributed by atoms with Crippen molar-refractivity contribution in [3.8, 4) is 0 Å². The summed E-state index contributed by atoms with van der Waals surface area (Å²) >= 11 is 1.72. The first-order chi connectivity index (χ1) is 7.36. The van der Waals surface area contributed by atoms with Gasteiger partial charge in [0.25, 0.3) is 0 Å². The van der Waals surface area contributed by atoms with Gasteiger partial charge in [0, 0.05) is 20.5 Å². The first-order valence-electron chi connectivity index (χ1n) is 5.07. The minimum Gasteiger partial charge on any atom is -0.289 e. The molecule has 15 heavy (non-hydrogen) atoms. The van der Waals surface area contributed by atoms with Gasteiger partial charge in [-0.2, -0.15) is 0 Å². The molecule has 0 unspecified atom stereocenters. The zero-order valence-corrected chi connectivity index (χ0v) is 9.01. The van der Waals surface area contributed by atoms with Gasteiger partial charge in [-0.1, -0.05) is 18.2 Å². The number of hydrogen-bond donors (Lipinski definition) is 0. The van der Waals surface area contributed by atoms with Crippen LogP contribution in [0.3, 0.4) is 0 Å².